The first-order valence-electron chi connectivity index (χ1n) is 19.0. The number of fused-ring (bicyclic) bond motifs is 2. The maximum atomic E-state index is 13.4. The van der Waals surface area contributed by atoms with Crippen LogP contribution >= 0.6 is 22.6 Å². The molecule has 1 atom stereocenters. The van der Waals surface area contributed by atoms with Crippen LogP contribution in [-0.4, -0.2) is 71.0 Å². The molecule has 0 bridgehead atoms. The molecule has 1 saturated heterocycles. The molecule has 292 valence electrons. The number of nitrogens with two attached hydrogens (primary N) is 1. The molecule has 0 spiro atoms. The molecule has 1 unspecified atom stereocenters. The van der Waals surface area contributed by atoms with E-state index in [9.17, 15) is 28.8 Å². The van der Waals surface area contributed by atoms with E-state index in [0.717, 1.165) is 85.1 Å². The Kier molecular flexibility index (Phi) is 13.5. The summed E-state index contributed by atoms with van der Waals surface area (Å²) in [4.78, 5) is 80.7. The summed E-state index contributed by atoms with van der Waals surface area (Å²) in [6.07, 6.45) is 10.1. The lowest BCUT2D eigenvalue weighted by molar-refractivity contribution is -0.136. The molecule has 1 aromatic heterocycles. The minimum atomic E-state index is -1.06. The van der Waals surface area contributed by atoms with Crippen LogP contribution in [0, 0.1) is 3.57 Å². The number of halogens is 1. The second-order valence-corrected chi connectivity index (χ2v) is 15.0. The zero-order chi connectivity index (χ0) is 39.6. The first kappa shape index (κ1) is 40.1. The van der Waals surface area contributed by atoms with Crippen LogP contribution in [0.4, 0.5) is 22.7 Å². The van der Waals surface area contributed by atoms with Gasteiger partial charge < -0.3 is 27.0 Å². The quantitative estimate of drug-likeness (QED) is 0.0377. The van der Waals surface area contributed by atoms with Crippen molar-refractivity contribution < 1.29 is 28.8 Å². The third-order valence-electron chi connectivity index (χ3n) is 9.92. The Morgan fingerprint density at radius 2 is 1.54 bits per heavy atom. The molecular formula is C41H45IN8O6. The molecule has 4 aromatic rings. The number of amides is 6. The van der Waals surface area contributed by atoms with Gasteiger partial charge in [-0.3, -0.25) is 44.0 Å². The van der Waals surface area contributed by atoms with E-state index in [1.807, 2.05) is 71.1 Å². The van der Waals surface area contributed by atoms with Gasteiger partial charge in [0.25, 0.3) is 17.7 Å². The summed E-state index contributed by atoms with van der Waals surface area (Å²) in [5.74, 6) is -3.09. The molecule has 2 aliphatic heterocycles. The molecule has 0 aliphatic carbocycles. The summed E-state index contributed by atoms with van der Waals surface area (Å²) < 4.78 is 0.659. The molecular weight excluding hydrogens is 827 g/mol. The maximum absolute atomic E-state index is 13.4. The van der Waals surface area contributed by atoms with Crippen molar-refractivity contribution in [3.05, 3.63) is 87.1 Å². The number of primary amides is 1. The molecule has 6 amide bonds. The molecule has 6 rings (SSSR count). The van der Waals surface area contributed by atoms with Gasteiger partial charge in [-0.05, 0) is 84.3 Å². The SMILES string of the molecule is NC(=O)c1cnc2ccc(NCCCCCCCCCCNC(=O)CNc3c(I)ccc4c3C(=O)N(C3CCC(=O)NC3=O)C4=O)cc2c1Nc1ccccc1. The van der Waals surface area contributed by atoms with E-state index >= 15 is 0 Å². The van der Waals surface area contributed by atoms with Crippen molar-refractivity contribution in [3.63, 3.8) is 0 Å². The molecule has 56 heavy (non-hydrogen) atoms. The first-order valence-corrected chi connectivity index (χ1v) is 20.0. The lowest BCUT2D eigenvalue weighted by Gasteiger charge is -2.27. The van der Waals surface area contributed by atoms with Crippen LogP contribution < -0.4 is 32.3 Å². The largest absolute Gasteiger partial charge is 0.385 e. The minimum Gasteiger partial charge on any atom is -0.385 e. The van der Waals surface area contributed by atoms with Crippen LogP contribution in [0.3, 0.4) is 0 Å². The Morgan fingerprint density at radius 3 is 2.25 bits per heavy atom. The van der Waals surface area contributed by atoms with Crippen LogP contribution in [0.15, 0.2) is 66.9 Å². The van der Waals surface area contributed by atoms with Gasteiger partial charge in [0, 0.05) is 46.0 Å². The zero-order valence-corrected chi connectivity index (χ0v) is 33.1. The second-order valence-electron chi connectivity index (χ2n) is 13.9. The van der Waals surface area contributed by atoms with Crippen LogP contribution in [0.2, 0.25) is 0 Å². The number of rotatable bonds is 19. The van der Waals surface area contributed by atoms with Gasteiger partial charge in [0.1, 0.15) is 6.04 Å². The number of para-hydroxylation sites is 1. The van der Waals surface area contributed by atoms with E-state index in [2.05, 4.69) is 31.6 Å². The van der Waals surface area contributed by atoms with E-state index < -0.39 is 35.6 Å². The third-order valence-corrected chi connectivity index (χ3v) is 10.8. The van der Waals surface area contributed by atoms with Crippen molar-refractivity contribution >= 4 is 91.7 Å². The van der Waals surface area contributed by atoms with E-state index in [1.165, 1.54) is 6.20 Å². The molecule has 2 aliphatic rings. The highest BCUT2D eigenvalue weighted by molar-refractivity contribution is 14.1. The summed E-state index contributed by atoms with van der Waals surface area (Å²) in [6, 6.07) is 17.7. The number of unbranched alkanes of at least 4 members (excludes halogenated alkanes) is 7. The Bertz CT molecular complexity index is 2150. The number of carbonyl (C=O) groups excluding carboxylic acids is 6. The number of aromatic nitrogens is 1. The topological polar surface area (TPSA) is 205 Å². The molecule has 3 heterocycles. The van der Waals surface area contributed by atoms with E-state index in [4.69, 9.17) is 5.73 Å². The van der Waals surface area contributed by atoms with Crippen LogP contribution in [0.5, 0.6) is 0 Å². The highest BCUT2D eigenvalue weighted by atomic mass is 127. The Balaban J connectivity index is 0.852. The highest BCUT2D eigenvalue weighted by Gasteiger charge is 2.46. The second kappa shape index (κ2) is 18.8. The van der Waals surface area contributed by atoms with E-state index in [1.54, 1.807) is 12.1 Å². The zero-order valence-electron chi connectivity index (χ0n) is 30.9. The predicted molar refractivity (Wildman–Crippen MR) is 223 cm³/mol. The van der Waals surface area contributed by atoms with E-state index in [-0.39, 0.29) is 36.4 Å². The lowest BCUT2D eigenvalue weighted by Crippen LogP contribution is -2.54. The molecule has 0 radical (unpaired) electrons. The number of imide groups is 2. The Labute approximate surface area is 338 Å². The number of carbonyl (C=O) groups is 6. The summed E-state index contributed by atoms with van der Waals surface area (Å²) >= 11 is 2.04. The molecule has 0 saturated carbocycles. The number of nitrogens with one attached hydrogen (secondary N) is 5. The molecule has 3 aromatic carbocycles. The summed E-state index contributed by atoms with van der Waals surface area (Å²) in [7, 11) is 0. The monoisotopic (exact) mass is 872 g/mol. The smallest absolute Gasteiger partial charge is 0.264 e. The van der Waals surface area contributed by atoms with Crippen molar-refractivity contribution in [3.8, 4) is 0 Å². The van der Waals surface area contributed by atoms with Crippen LogP contribution in [-0.2, 0) is 14.4 Å². The fourth-order valence-corrected chi connectivity index (χ4v) is 7.64. The molecule has 7 N–H and O–H groups in total. The van der Waals surface area contributed by atoms with Crippen molar-refractivity contribution in [1.29, 1.82) is 0 Å². The number of hydrogen-bond acceptors (Lipinski definition) is 10. The number of pyridine rings is 1. The number of hydrogen-bond donors (Lipinski definition) is 6. The van der Waals surface area contributed by atoms with Crippen molar-refractivity contribution in [2.45, 2.75) is 70.3 Å². The number of nitrogens with zero attached hydrogens (tertiary/aromatic N) is 2. The van der Waals surface area contributed by atoms with Crippen molar-refractivity contribution in [2.24, 2.45) is 5.73 Å². The Morgan fingerprint density at radius 1 is 0.821 bits per heavy atom. The first-order chi connectivity index (χ1) is 27.1. The lowest BCUT2D eigenvalue weighted by atomic mass is 10.0. The average molecular weight is 873 g/mol. The Hall–Kier alpha value is -5.58. The van der Waals surface area contributed by atoms with E-state index in [0.29, 0.717) is 27.1 Å². The number of benzene rings is 3. The van der Waals surface area contributed by atoms with Gasteiger partial charge in [0.2, 0.25) is 17.7 Å². The number of piperidine rings is 1. The van der Waals surface area contributed by atoms with Gasteiger partial charge in [0.15, 0.2) is 0 Å². The molecule has 15 heteroatoms. The van der Waals surface area contributed by atoms with Crippen molar-refractivity contribution in [2.75, 3.05) is 35.6 Å². The highest BCUT2D eigenvalue weighted by Crippen LogP contribution is 2.35. The minimum absolute atomic E-state index is 0.0394. The summed E-state index contributed by atoms with van der Waals surface area (Å²) in [5.41, 5.74) is 9.88. The van der Waals surface area contributed by atoms with Gasteiger partial charge in [-0.1, -0.05) is 56.7 Å². The fraction of sp³-hybridized carbons (Fsp3) is 0.341. The van der Waals surface area contributed by atoms with Gasteiger partial charge in [-0.2, -0.15) is 0 Å². The average Bonchev–Trinajstić information content (AvgIpc) is 3.43. The maximum Gasteiger partial charge on any atom is 0.264 e. The van der Waals surface area contributed by atoms with Gasteiger partial charge in [-0.15, -0.1) is 0 Å². The summed E-state index contributed by atoms with van der Waals surface area (Å²) in [6.45, 7) is 1.28. The van der Waals surface area contributed by atoms with Crippen LogP contribution in [0.1, 0.15) is 95.3 Å². The normalized spacial score (nSPS) is 15.1. The fourth-order valence-electron chi connectivity index (χ4n) is 7.00. The summed E-state index contributed by atoms with van der Waals surface area (Å²) in [5, 5.41) is 15.8. The molecule has 1 fully saturated rings. The van der Waals surface area contributed by atoms with Gasteiger partial charge >= 0.3 is 0 Å². The third kappa shape index (κ3) is 9.61. The van der Waals surface area contributed by atoms with Gasteiger partial charge in [0.05, 0.1) is 40.1 Å². The predicted octanol–water partition coefficient (Wildman–Crippen LogP) is 5.84. The van der Waals surface area contributed by atoms with Crippen LogP contribution in [0.25, 0.3) is 10.9 Å². The molecule has 14 nitrogen and oxygen atoms in total. The van der Waals surface area contributed by atoms with Crippen molar-refractivity contribution in [1.82, 2.24) is 20.5 Å². The number of anilines is 4. The standard InChI is InChI=1S/C41H45IN8O6/c42-30-16-15-27-35(41(56)50(40(27)55)32-18-19-33(51)49-39(32)54)37(30)47-24-34(52)45-21-11-6-4-2-1-3-5-10-20-44-26-14-17-31-28(22-26)36(29(23-46-31)38(43)53)48-25-12-8-7-9-13-25/h7-9,12-17,22-23,32,44,47H,1-6,10-11,18-21,24H2,(H2,43,53)(H,45,52)(H,46,48)(H,49,51,54). The van der Waals surface area contributed by atoms with Gasteiger partial charge in [-0.25, -0.2) is 0 Å².